The highest BCUT2D eigenvalue weighted by Gasteiger charge is 2.17. The summed E-state index contributed by atoms with van der Waals surface area (Å²) in [6, 6.07) is 10.5. The number of hydrogen-bond acceptors (Lipinski definition) is 10. The van der Waals surface area contributed by atoms with E-state index in [1.807, 2.05) is 11.5 Å². The third-order valence-corrected chi connectivity index (χ3v) is 5.37. The van der Waals surface area contributed by atoms with Crippen LogP contribution in [0.3, 0.4) is 0 Å². The van der Waals surface area contributed by atoms with E-state index >= 15 is 0 Å². The normalized spacial score (nSPS) is 11.3. The van der Waals surface area contributed by atoms with E-state index < -0.39 is 0 Å². The number of nitrogens with one attached hydrogen (secondary N) is 3. The molecule has 4 aromatic rings. The molecule has 4 N–H and O–H groups in total. The monoisotopic (exact) mass is 604 g/mol. The quantitative estimate of drug-likeness (QED) is 0.126. The summed E-state index contributed by atoms with van der Waals surface area (Å²) in [7, 11) is 0. The van der Waals surface area contributed by atoms with Gasteiger partial charge in [0, 0.05) is 21.7 Å². The molecule has 0 atom stereocenters. The van der Waals surface area contributed by atoms with Gasteiger partial charge in [0.25, 0.3) is 5.91 Å². The van der Waals surface area contributed by atoms with Crippen molar-refractivity contribution in [3.8, 4) is 0 Å². The molecule has 0 saturated carbocycles. The minimum atomic E-state index is -0.293. The standard InChI is InChI=1S/C20H18Br2N10O3/c21-12-7-13(22)9-14(8-12)26-19(28-34)17-18(30-35-29-17)24-5-6-32-11-15(27-31-32)10-25-20(33)16-3-1-2-4-23-16/h1-4,7-9,11,34H,5-6,10H2,(H,24,30)(H,25,33)(H,26,28). The first-order valence-electron chi connectivity index (χ1n) is 10.1. The molecule has 15 heteroatoms. The third kappa shape index (κ3) is 6.68. The minimum absolute atomic E-state index is 0.0467. The van der Waals surface area contributed by atoms with Gasteiger partial charge >= 0.3 is 0 Å². The van der Waals surface area contributed by atoms with E-state index in [1.54, 1.807) is 47.4 Å². The lowest BCUT2D eigenvalue weighted by Gasteiger charge is -2.06. The number of pyridine rings is 1. The fourth-order valence-corrected chi connectivity index (χ4v) is 4.17. The zero-order valence-corrected chi connectivity index (χ0v) is 21.1. The second-order valence-corrected chi connectivity index (χ2v) is 8.79. The molecule has 1 amide bonds. The summed E-state index contributed by atoms with van der Waals surface area (Å²) in [5.74, 6) is 0.0332. The number of amides is 1. The summed E-state index contributed by atoms with van der Waals surface area (Å²) < 4.78 is 8.05. The Balaban J connectivity index is 1.33. The number of anilines is 1. The van der Waals surface area contributed by atoms with Crippen molar-refractivity contribution >= 4 is 55.1 Å². The number of carbonyl (C=O) groups is 1. The SMILES string of the molecule is O=C(NCc1cn(CCNc2nonc2C(=Nc2cc(Br)cc(Br)c2)NO)nn1)c1ccccn1. The number of hydrogen-bond donors (Lipinski definition) is 4. The van der Waals surface area contributed by atoms with Gasteiger partial charge in [-0.05, 0) is 40.6 Å². The Morgan fingerprint density at radius 2 is 2.00 bits per heavy atom. The van der Waals surface area contributed by atoms with Crippen molar-refractivity contribution in [3.63, 3.8) is 0 Å². The topological polar surface area (TPSA) is 168 Å². The number of halogens is 2. The number of rotatable bonds is 9. The molecule has 0 aliphatic carbocycles. The second-order valence-electron chi connectivity index (χ2n) is 6.96. The number of aromatic nitrogens is 6. The molecule has 0 saturated heterocycles. The molecule has 3 aromatic heterocycles. The maximum absolute atomic E-state index is 12.1. The Kier molecular flexibility index (Phi) is 8.12. The molecule has 0 aliphatic rings. The third-order valence-electron chi connectivity index (χ3n) is 4.45. The highest BCUT2D eigenvalue weighted by molar-refractivity contribution is 9.11. The van der Waals surface area contributed by atoms with Crippen LogP contribution in [0.2, 0.25) is 0 Å². The smallest absolute Gasteiger partial charge is 0.270 e. The van der Waals surface area contributed by atoms with Crippen molar-refractivity contribution in [1.82, 2.24) is 41.1 Å². The number of carbonyl (C=O) groups excluding carboxylic acids is 1. The number of amidine groups is 1. The van der Waals surface area contributed by atoms with Crippen LogP contribution < -0.4 is 16.1 Å². The first-order valence-corrected chi connectivity index (χ1v) is 11.7. The largest absolute Gasteiger partial charge is 0.363 e. The molecule has 0 spiro atoms. The van der Waals surface area contributed by atoms with Gasteiger partial charge in [0.15, 0.2) is 11.5 Å². The number of benzene rings is 1. The lowest BCUT2D eigenvalue weighted by molar-refractivity contribution is 0.0945. The zero-order chi connectivity index (χ0) is 24.6. The molecule has 1 aromatic carbocycles. The van der Waals surface area contributed by atoms with E-state index in [9.17, 15) is 10.0 Å². The van der Waals surface area contributed by atoms with Gasteiger partial charge in [0.05, 0.1) is 25.0 Å². The van der Waals surface area contributed by atoms with Crippen LogP contribution in [0.15, 0.2) is 67.4 Å². The molecule has 35 heavy (non-hydrogen) atoms. The summed E-state index contributed by atoms with van der Waals surface area (Å²) in [6.45, 7) is 1.05. The zero-order valence-electron chi connectivity index (χ0n) is 17.9. The van der Waals surface area contributed by atoms with Crippen LogP contribution in [0.25, 0.3) is 0 Å². The molecule has 4 rings (SSSR count). The Hall–Kier alpha value is -3.69. The van der Waals surface area contributed by atoms with Crippen molar-refractivity contribution in [3.05, 3.63) is 74.8 Å². The molecule has 180 valence electrons. The molecule has 0 bridgehead atoms. The second kappa shape index (κ2) is 11.6. The molecule has 0 unspecified atom stereocenters. The summed E-state index contributed by atoms with van der Waals surface area (Å²) in [6.07, 6.45) is 3.27. The van der Waals surface area contributed by atoms with Crippen LogP contribution >= 0.6 is 31.9 Å². The summed E-state index contributed by atoms with van der Waals surface area (Å²) in [4.78, 5) is 20.5. The number of aliphatic imine (C=N–C) groups is 1. The van der Waals surface area contributed by atoms with E-state index in [0.717, 1.165) is 8.95 Å². The first-order chi connectivity index (χ1) is 17.0. The highest BCUT2D eigenvalue weighted by atomic mass is 79.9. The number of nitrogens with zero attached hydrogens (tertiary/aromatic N) is 7. The van der Waals surface area contributed by atoms with E-state index in [4.69, 9.17) is 4.63 Å². The van der Waals surface area contributed by atoms with Gasteiger partial charge in [-0.1, -0.05) is 43.1 Å². The van der Waals surface area contributed by atoms with Crippen LogP contribution in [0.4, 0.5) is 11.5 Å². The predicted molar refractivity (Wildman–Crippen MR) is 131 cm³/mol. The van der Waals surface area contributed by atoms with E-state index in [2.05, 4.69) is 73.1 Å². The molecular weight excluding hydrogens is 588 g/mol. The summed E-state index contributed by atoms with van der Waals surface area (Å²) in [5, 5.41) is 31.1. The Labute approximate surface area is 215 Å². The van der Waals surface area contributed by atoms with Crippen molar-refractivity contribution in [2.45, 2.75) is 13.1 Å². The maximum atomic E-state index is 12.1. The van der Waals surface area contributed by atoms with Crippen LogP contribution in [-0.4, -0.2) is 53.8 Å². The fourth-order valence-electron chi connectivity index (χ4n) is 2.90. The van der Waals surface area contributed by atoms with Crippen molar-refractivity contribution < 1.29 is 14.6 Å². The van der Waals surface area contributed by atoms with Crippen LogP contribution in [0.5, 0.6) is 0 Å². The molecule has 0 aliphatic heterocycles. The van der Waals surface area contributed by atoms with E-state index in [1.165, 1.54) is 0 Å². The van der Waals surface area contributed by atoms with Gasteiger partial charge in [0.2, 0.25) is 5.82 Å². The fraction of sp³-hybridized carbons (Fsp3) is 0.150. The van der Waals surface area contributed by atoms with Crippen molar-refractivity contribution in [2.75, 3.05) is 11.9 Å². The maximum Gasteiger partial charge on any atom is 0.270 e. The molecule has 0 radical (unpaired) electrons. The average molecular weight is 606 g/mol. The molecular formula is C20H18Br2N10O3. The van der Waals surface area contributed by atoms with Gasteiger partial charge in [-0.3, -0.25) is 25.1 Å². The lowest BCUT2D eigenvalue weighted by Crippen LogP contribution is -2.23. The van der Waals surface area contributed by atoms with Gasteiger partial charge in [-0.25, -0.2) is 9.62 Å². The average Bonchev–Trinajstić information content (AvgIpc) is 3.51. The minimum Gasteiger partial charge on any atom is -0.363 e. The molecule has 13 nitrogen and oxygen atoms in total. The Bertz CT molecular complexity index is 1310. The lowest BCUT2D eigenvalue weighted by atomic mass is 10.3. The van der Waals surface area contributed by atoms with Crippen LogP contribution in [-0.2, 0) is 13.1 Å². The van der Waals surface area contributed by atoms with Crippen LogP contribution in [0, 0.1) is 0 Å². The predicted octanol–water partition coefficient (Wildman–Crippen LogP) is 2.68. The van der Waals surface area contributed by atoms with Gasteiger partial charge in [-0.2, -0.15) is 0 Å². The summed E-state index contributed by atoms with van der Waals surface area (Å²) in [5.41, 5.74) is 3.70. The van der Waals surface area contributed by atoms with E-state index in [-0.39, 0.29) is 29.8 Å². The molecule has 0 fully saturated rings. The van der Waals surface area contributed by atoms with Crippen molar-refractivity contribution in [1.29, 1.82) is 0 Å². The summed E-state index contributed by atoms with van der Waals surface area (Å²) >= 11 is 6.79. The highest BCUT2D eigenvalue weighted by Crippen LogP contribution is 2.26. The Morgan fingerprint density at radius 1 is 1.17 bits per heavy atom. The molecule has 3 heterocycles. The van der Waals surface area contributed by atoms with E-state index in [0.29, 0.717) is 30.2 Å². The number of hydroxylamine groups is 1. The van der Waals surface area contributed by atoms with Crippen LogP contribution in [0.1, 0.15) is 21.9 Å². The van der Waals surface area contributed by atoms with Gasteiger partial charge < -0.3 is 10.6 Å². The van der Waals surface area contributed by atoms with Gasteiger partial charge in [0.1, 0.15) is 11.4 Å². The Morgan fingerprint density at radius 3 is 2.74 bits per heavy atom. The van der Waals surface area contributed by atoms with Gasteiger partial charge in [-0.15, -0.1) is 5.10 Å². The van der Waals surface area contributed by atoms with Crippen molar-refractivity contribution in [2.24, 2.45) is 4.99 Å². The first kappa shape index (κ1) is 24.4.